The first-order valence-corrected chi connectivity index (χ1v) is 9.18. The highest BCUT2D eigenvalue weighted by molar-refractivity contribution is 5.78. The molecule has 3 aromatic rings. The van der Waals surface area contributed by atoms with Gasteiger partial charge in [-0.1, -0.05) is 29.4 Å². The van der Waals surface area contributed by atoms with Crippen LogP contribution < -0.4 is 15.0 Å². The van der Waals surface area contributed by atoms with Crippen LogP contribution in [0, 0.1) is 0 Å². The fourth-order valence-corrected chi connectivity index (χ4v) is 2.84. The molecule has 0 radical (unpaired) electrons. The van der Waals surface area contributed by atoms with E-state index in [0.717, 1.165) is 23.4 Å². The first-order valence-electron chi connectivity index (χ1n) is 9.18. The van der Waals surface area contributed by atoms with Crippen LogP contribution in [0.25, 0.3) is 11.3 Å². The summed E-state index contributed by atoms with van der Waals surface area (Å²) in [5, 5.41) is 6.93. The summed E-state index contributed by atoms with van der Waals surface area (Å²) in [4.78, 5) is 14.2. The highest BCUT2D eigenvalue weighted by Crippen LogP contribution is 2.24. The molecule has 2 aromatic carbocycles. The zero-order valence-corrected chi connectivity index (χ0v) is 16.4. The van der Waals surface area contributed by atoms with E-state index in [1.54, 1.807) is 13.2 Å². The first-order chi connectivity index (χ1) is 13.5. The Labute approximate surface area is 165 Å². The molecule has 1 heterocycles. The van der Waals surface area contributed by atoms with Crippen LogP contribution in [0.2, 0.25) is 0 Å². The van der Waals surface area contributed by atoms with Crippen LogP contribution in [-0.2, 0) is 17.6 Å². The molecule has 1 aromatic heterocycles. The molecule has 0 unspecified atom stereocenters. The quantitative estimate of drug-likeness (QED) is 0.650. The number of anilines is 1. The molecule has 6 heteroatoms. The number of aromatic nitrogens is 1. The lowest BCUT2D eigenvalue weighted by Gasteiger charge is -2.12. The van der Waals surface area contributed by atoms with Gasteiger partial charge in [-0.3, -0.25) is 4.79 Å². The van der Waals surface area contributed by atoms with Crippen LogP contribution >= 0.6 is 0 Å². The maximum Gasteiger partial charge on any atom is 0.226 e. The molecule has 0 aliphatic carbocycles. The fraction of sp³-hybridized carbons (Fsp3) is 0.273. The van der Waals surface area contributed by atoms with Gasteiger partial charge < -0.3 is 19.5 Å². The van der Waals surface area contributed by atoms with Crippen molar-refractivity contribution in [2.24, 2.45) is 0 Å². The van der Waals surface area contributed by atoms with Crippen molar-refractivity contribution in [1.29, 1.82) is 0 Å². The van der Waals surface area contributed by atoms with E-state index in [-0.39, 0.29) is 12.3 Å². The van der Waals surface area contributed by atoms with Gasteiger partial charge in [0.05, 0.1) is 19.2 Å². The van der Waals surface area contributed by atoms with E-state index in [0.29, 0.717) is 18.0 Å². The van der Waals surface area contributed by atoms with E-state index in [9.17, 15) is 4.79 Å². The molecule has 0 fully saturated rings. The van der Waals surface area contributed by atoms with Crippen LogP contribution in [0.1, 0.15) is 11.3 Å². The molecule has 0 saturated carbocycles. The van der Waals surface area contributed by atoms with Gasteiger partial charge in [-0.25, -0.2) is 0 Å². The Morgan fingerprint density at radius 1 is 1.14 bits per heavy atom. The largest absolute Gasteiger partial charge is 0.497 e. The van der Waals surface area contributed by atoms with Gasteiger partial charge in [0.1, 0.15) is 5.75 Å². The fourth-order valence-electron chi connectivity index (χ4n) is 2.84. The number of ether oxygens (including phenoxy) is 1. The van der Waals surface area contributed by atoms with Crippen LogP contribution in [0.4, 0.5) is 5.69 Å². The van der Waals surface area contributed by atoms with Gasteiger partial charge in [0.2, 0.25) is 5.91 Å². The summed E-state index contributed by atoms with van der Waals surface area (Å²) in [6.45, 7) is 0.584. The third kappa shape index (κ3) is 5.13. The Bertz CT molecular complexity index is 917. The molecular weight excluding hydrogens is 354 g/mol. The molecule has 0 aliphatic heterocycles. The van der Waals surface area contributed by atoms with Crippen LogP contribution in [0.3, 0.4) is 0 Å². The molecule has 1 N–H and O–H groups in total. The highest BCUT2D eigenvalue weighted by Gasteiger charge is 2.11. The second-order valence-corrected chi connectivity index (χ2v) is 6.75. The molecule has 1 amide bonds. The van der Waals surface area contributed by atoms with Crippen molar-refractivity contribution in [3.05, 3.63) is 65.9 Å². The minimum Gasteiger partial charge on any atom is -0.497 e. The van der Waals surface area contributed by atoms with Crippen molar-refractivity contribution in [3.63, 3.8) is 0 Å². The molecular formula is C22H25N3O3. The van der Waals surface area contributed by atoms with Gasteiger partial charge in [-0.05, 0) is 36.2 Å². The summed E-state index contributed by atoms with van der Waals surface area (Å²) < 4.78 is 10.6. The maximum absolute atomic E-state index is 12.2. The number of hydrogen-bond acceptors (Lipinski definition) is 5. The standard InChI is InChI=1S/C22H25N3O3/c1-25(2)19-9-7-16(8-10-19)11-12-23-22(26)15-18-14-21(28-24-18)17-5-4-6-20(13-17)27-3/h4-10,13-14H,11-12,15H2,1-3H3,(H,23,26). The normalized spacial score (nSPS) is 10.5. The number of benzene rings is 2. The minimum atomic E-state index is -0.0737. The summed E-state index contributed by atoms with van der Waals surface area (Å²) in [6, 6.07) is 17.6. The minimum absolute atomic E-state index is 0.0737. The van der Waals surface area contributed by atoms with E-state index in [1.807, 2.05) is 38.4 Å². The average molecular weight is 379 g/mol. The van der Waals surface area contributed by atoms with Crippen molar-refractivity contribution in [2.75, 3.05) is 32.6 Å². The number of carbonyl (C=O) groups is 1. The van der Waals surface area contributed by atoms with Gasteiger partial charge in [-0.15, -0.1) is 0 Å². The number of amides is 1. The zero-order valence-electron chi connectivity index (χ0n) is 16.4. The Morgan fingerprint density at radius 2 is 1.93 bits per heavy atom. The van der Waals surface area contributed by atoms with Gasteiger partial charge in [0, 0.05) is 38.0 Å². The predicted octanol–water partition coefficient (Wildman–Crippen LogP) is 3.32. The van der Waals surface area contributed by atoms with E-state index in [4.69, 9.17) is 9.26 Å². The summed E-state index contributed by atoms with van der Waals surface area (Å²) in [6.07, 6.45) is 0.973. The van der Waals surface area contributed by atoms with E-state index in [2.05, 4.69) is 39.6 Å². The predicted molar refractivity (Wildman–Crippen MR) is 110 cm³/mol. The second-order valence-electron chi connectivity index (χ2n) is 6.75. The molecule has 0 atom stereocenters. The summed E-state index contributed by atoms with van der Waals surface area (Å²) in [7, 11) is 5.64. The molecule has 0 saturated heterocycles. The smallest absolute Gasteiger partial charge is 0.226 e. The molecule has 0 spiro atoms. The average Bonchev–Trinajstić information content (AvgIpc) is 3.17. The Hall–Kier alpha value is -3.28. The molecule has 6 nitrogen and oxygen atoms in total. The molecule has 3 rings (SSSR count). The van der Waals surface area contributed by atoms with E-state index in [1.165, 1.54) is 5.56 Å². The topological polar surface area (TPSA) is 67.6 Å². The number of methoxy groups -OCH3 is 1. The second kappa shape index (κ2) is 9.08. The Balaban J connectivity index is 1.49. The van der Waals surface area contributed by atoms with Crippen LogP contribution in [0.15, 0.2) is 59.1 Å². The number of rotatable bonds is 8. The van der Waals surface area contributed by atoms with Crippen molar-refractivity contribution in [2.45, 2.75) is 12.8 Å². The van der Waals surface area contributed by atoms with E-state index >= 15 is 0 Å². The maximum atomic E-state index is 12.2. The lowest BCUT2D eigenvalue weighted by molar-refractivity contribution is -0.120. The van der Waals surface area contributed by atoms with Crippen molar-refractivity contribution >= 4 is 11.6 Å². The van der Waals surface area contributed by atoms with Crippen molar-refractivity contribution in [1.82, 2.24) is 10.5 Å². The molecule has 0 aliphatic rings. The van der Waals surface area contributed by atoms with Gasteiger partial charge in [0.25, 0.3) is 0 Å². The van der Waals surface area contributed by atoms with Gasteiger partial charge >= 0.3 is 0 Å². The van der Waals surface area contributed by atoms with E-state index < -0.39 is 0 Å². The lowest BCUT2D eigenvalue weighted by atomic mass is 10.1. The summed E-state index contributed by atoms with van der Waals surface area (Å²) >= 11 is 0. The zero-order chi connectivity index (χ0) is 19.9. The summed E-state index contributed by atoms with van der Waals surface area (Å²) in [5.74, 6) is 1.28. The Morgan fingerprint density at radius 3 is 2.64 bits per heavy atom. The third-order valence-corrected chi connectivity index (χ3v) is 4.44. The highest BCUT2D eigenvalue weighted by atomic mass is 16.5. The lowest BCUT2D eigenvalue weighted by Crippen LogP contribution is -2.27. The van der Waals surface area contributed by atoms with Crippen molar-refractivity contribution in [3.8, 4) is 17.1 Å². The van der Waals surface area contributed by atoms with Gasteiger partial charge in [0.15, 0.2) is 5.76 Å². The van der Waals surface area contributed by atoms with Crippen molar-refractivity contribution < 1.29 is 14.1 Å². The first kappa shape index (κ1) is 19.5. The SMILES string of the molecule is COc1cccc(-c2cc(CC(=O)NCCc3ccc(N(C)C)cc3)no2)c1. The molecule has 28 heavy (non-hydrogen) atoms. The third-order valence-electron chi connectivity index (χ3n) is 4.44. The molecule has 146 valence electrons. The monoisotopic (exact) mass is 379 g/mol. The summed E-state index contributed by atoms with van der Waals surface area (Å²) in [5.41, 5.74) is 3.81. The number of nitrogens with one attached hydrogen (secondary N) is 1. The number of carbonyl (C=O) groups excluding carboxylic acids is 1. The Kier molecular flexibility index (Phi) is 6.32. The van der Waals surface area contributed by atoms with Gasteiger partial charge in [-0.2, -0.15) is 0 Å². The number of nitrogens with zero attached hydrogens (tertiary/aromatic N) is 2. The van der Waals surface area contributed by atoms with Crippen LogP contribution in [0.5, 0.6) is 5.75 Å². The number of hydrogen-bond donors (Lipinski definition) is 1. The molecule has 0 bridgehead atoms. The van der Waals surface area contributed by atoms with Crippen LogP contribution in [-0.4, -0.2) is 38.8 Å².